The van der Waals surface area contributed by atoms with Gasteiger partial charge in [-0.1, -0.05) is 0 Å². The number of nitrogens with one attached hydrogen (secondary N) is 2. The van der Waals surface area contributed by atoms with Gasteiger partial charge in [0, 0.05) is 35.1 Å². The van der Waals surface area contributed by atoms with Crippen molar-refractivity contribution in [3.05, 3.63) is 55.0 Å². The smallest absolute Gasteiger partial charge is 0.229 e. The number of benzene rings is 1. The summed E-state index contributed by atoms with van der Waals surface area (Å²) in [5.41, 5.74) is 4.59. The third-order valence-corrected chi connectivity index (χ3v) is 4.96. The fourth-order valence-corrected chi connectivity index (χ4v) is 3.54. The fraction of sp³-hybridized carbons (Fsp3) is 0.211. The number of imidazole rings is 1. The molecule has 0 fully saturated rings. The van der Waals surface area contributed by atoms with Crippen LogP contribution < -0.4 is 5.32 Å². The Balaban J connectivity index is 1.39. The van der Waals surface area contributed by atoms with Crippen LogP contribution in [0.2, 0.25) is 0 Å². The number of anilines is 1. The molecule has 2 N–H and O–H groups in total. The van der Waals surface area contributed by atoms with Crippen molar-refractivity contribution in [3.8, 4) is 11.3 Å². The molecule has 130 valence electrons. The van der Waals surface area contributed by atoms with Crippen molar-refractivity contribution in [2.45, 2.75) is 19.4 Å². The molecule has 0 radical (unpaired) electrons. The van der Waals surface area contributed by atoms with E-state index in [1.165, 1.54) is 5.69 Å². The summed E-state index contributed by atoms with van der Waals surface area (Å²) in [5, 5.41) is 11.4. The molecule has 1 aromatic carbocycles. The molecule has 5 rings (SSSR count). The van der Waals surface area contributed by atoms with Gasteiger partial charge in [-0.25, -0.2) is 4.98 Å². The molecule has 4 heterocycles. The number of fused-ring (bicyclic) bond motifs is 2. The lowest BCUT2D eigenvalue weighted by molar-refractivity contribution is -0.120. The normalized spacial score (nSPS) is 16.5. The average Bonchev–Trinajstić information content (AvgIpc) is 3.40. The largest absolute Gasteiger partial charge is 0.472 e. The summed E-state index contributed by atoms with van der Waals surface area (Å²) in [5.74, 6) is -0.0119. The minimum Gasteiger partial charge on any atom is -0.472 e. The Morgan fingerprint density at radius 1 is 1.35 bits per heavy atom. The molecule has 1 amide bonds. The Hall–Kier alpha value is -3.35. The first-order valence-electron chi connectivity index (χ1n) is 8.58. The summed E-state index contributed by atoms with van der Waals surface area (Å²) >= 11 is 0. The topological polar surface area (TPSA) is 88.7 Å². The number of rotatable bonds is 3. The van der Waals surface area contributed by atoms with E-state index in [1.807, 2.05) is 30.5 Å². The third kappa shape index (κ3) is 2.48. The molecule has 0 unspecified atom stereocenters. The van der Waals surface area contributed by atoms with E-state index in [1.54, 1.807) is 18.9 Å². The van der Waals surface area contributed by atoms with Gasteiger partial charge in [0.1, 0.15) is 5.69 Å². The minimum absolute atomic E-state index is 0.0389. The lowest BCUT2D eigenvalue weighted by Gasteiger charge is -2.23. The number of amides is 1. The monoisotopic (exact) mass is 347 g/mol. The van der Waals surface area contributed by atoms with Gasteiger partial charge in [0.15, 0.2) is 0 Å². The molecular formula is C19H17N5O2. The standard InChI is InChI=1S/C19H17N5O2/c25-19(12-1-3-15-8-20-11-24(15)9-12)21-14-2-4-17-16(7-14)18(23-22-17)13-5-6-26-10-13/h2,4-8,10-12H,1,3,9H2,(H,21,25)(H,22,23)/t12-/m1/s1. The summed E-state index contributed by atoms with van der Waals surface area (Å²) < 4.78 is 7.21. The Morgan fingerprint density at radius 3 is 3.19 bits per heavy atom. The van der Waals surface area contributed by atoms with Crippen LogP contribution in [0.25, 0.3) is 22.2 Å². The first-order chi connectivity index (χ1) is 12.8. The van der Waals surface area contributed by atoms with Crippen LogP contribution in [-0.4, -0.2) is 25.7 Å². The zero-order chi connectivity index (χ0) is 17.5. The first-order valence-corrected chi connectivity index (χ1v) is 8.58. The van der Waals surface area contributed by atoms with E-state index in [0.717, 1.165) is 40.7 Å². The molecule has 0 saturated heterocycles. The third-order valence-electron chi connectivity index (χ3n) is 4.96. The molecule has 0 spiro atoms. The molecule has 7 heteroatoms. The first kappa shape index (κ1) is 14.9. The molecule has 1 aliphatic heterocycles. The quantitative estimate of drug-likeness (QED) is 0.595. The van der Waals surface area contributed by atoms with Gasteiger partial charge in [-0.2, -0.15) is 5.10 Å². The fourth-order valence-electron chi connectivity index (χ4n) is 3.54. The molecule has 3 aromatic heterocycles. The number of furan rings is 1. The van der Waals surface area contributed by atoms with Crippen LogP contribution >= 0.6 is 0 Å². The van der Waals surface area contributed by atoms with Gasteiger partial charge in [0.05, 0.1) is 30.3 Å². The molecule has 0 aliphatic carbocycles. The summed E-state index contributed by atoms with van der Waals surface area (Å²) in [6.07, 6.45) is 8.66. The van der Waals surface area contributed by atoms with Crippen molar-refractivity contribution in [1.82, 2.24) is 19.7 Å². The van der Waals surface area contributed by atoms with E-state index in [9.17, 15) is 4.79 Å². The number of aromatic amines is 1. The number of nitrogens with zero attached hydrogens (tertiary/aromatic N) is 3. The van der Waals surface area contributed by atoms with Gasteiger partial charge in [-0.15, -0.1) is 0 Å². The van der Waals surface area contributed by atoms with Crippen molar-refractivity contribution < 1.29 is 9.21 Å². The molecule has 0 saturated carbocycles. The lowest BCUT2D eigenvalue weighted by Crippen LogP contribution is -2.30. The van der Waals surface area contributed by atoms with Crippen molar-refractivity contribution in [3.63, 3.8) is 0 Å². The van der Waals surface area contributed by atoms with E-state index in [2.05, 4.69) is 25.1 Å². The van der Waals surface area contributed by atoms with E-state index in [0.29, 0.717) is 6.54 Å². The van der Waals surface area contributed by atoms with Crippen LogP contribution in [0.5, 0.6) is 0 Å². The van der Waals surface area contributed by atoms with E-state index < -0.39 is 0 Å². The zero-order valence-corrected chi connectivity index (χ0v) is 14.0. The van der Waals surface area contributed by atoms with E-state index in [-0.39, 0.29) is 11.8 Å². The van der Waals surface area contributed by atoms with E-state index in [4.69, 9.17) is 4.42 Å². The van der Waals surface area contributed by atoms with Crippen LogP contribution in [0.15, 0.2) is 53.7 Å². The second-order valence-electron chi connectivity index (χ2n) is 6.61. The highest BCUT2D eigenvalue weighted by Gasteiger charge is 2.24. The van der Waals surface area contributed by atoms with Crippen molar-refractivity contribution in [2.75, 3.05) is 5.32 Å². The van der Waals surface area contributed by atoms with E-state index >= 15 is 0 Å². The molecule has 1 aliphatic rings. The Labute approximate surface area is 149 Å². The Bertz CT molecular complexity index is 1080. The number of hydrogen-bond donors (Lipinski definition) is 2. The molecule has 7 nitrogen and oxygen atoms in total. The van der Waals surface area contributed by atoms with Crippen LogP contribution in [0.3, 0.4) is 0 Å². The van der Waals surface area contributed by atoms with Gasteiger partial charge in [0.25, 0.3) is 0 Å². The number of hydrogen-bond acceptors (Lipinski definition) is 4. The van der Waals surface area contributed by atoms with Gasteiger partial charge in [0.2, 0.25) is 5.91 Å². The molecular weight excluding hydrogens is 330 g/mol. The number of aromatic nitrogens is 4. The molecule has 1 atom stereocenters. The summed E-state index contributed by atoms with van der Waals surface area (Å²) in [6.45, 7) is 0.676. The van der Waals surface area contributed by atoms with Crippen LogP contribution in [0.1, 0.15) is 12.1 Å². The number of H-pyrrole nitrogens is 1. The van der Waals surface area contributed by atoms with Crippen LogP contribution in [0.4, 0.5) is 5.69 Å². The molecule has 4 aromatic rings. The van der Waals surface area contributed by atoms with Crippen molar-refractivity contribution in [2.24, 2.45) is 5.92 Å². The minimum atomic E-state index is -0.0508. The summed E-state index contributed by atoms with van der Waals surface area (Å²) in [6, 6.07) is 7.63. The Kier molecular flexibility index (Phi) is 3.38. The second-order valence-corrected chi connectivity index (χ2v) is 6.61. The zero-order valence-electron chi connectivity index (χ0n) is 14.0. The van der Waals surface area contributed by atoms with Gasteiger partial charge < -0.3 is 14.3 Å². The number of carbonyl (C=O) groups excluding carboxylic acids is 1. The van der Waals surface area contributed by atoms with Crippen LogP contribution in [-0.2, 0) is 17.8 Å². The maximum Gasteiger partial charge on any atom is 0.229 e. The molecule has 0 bridgehead atoms. The summed E-state index contributed by atoms with van der Waals surface area (Å²) in [7, 11) is 0. The molecule has 26 heavy (non-hydrogen) atoms. The predicted octanol–water partition coefficient (Wildman–Crippen LogP) is 3.22. The maximum atomic E-state index is 12.7. The number of aryl methyl sites for hydroxylation is 1. The highest BCUT2D eigenvalue weighted by atomic mass is 16.3. The van der Waals surface area contributed by atoms with Crippen molar-refractivity contribution >= 4 is 22.5 Å². The number of carbonyl (C=O) groups is 1. The van der Waals surface area contributed by atoms with Gasteiger partial charge >= 0.3 is 0 Å². The van der Waals surface area contributed by atoms with Gasteiger partial charge in [-0.05, 0) is 37.1 Å². The van der Waals surface area contributed by atoms with Gasteiger partial charge in [-0.3, -0.25) is 9.89 Å². The second kappa shape index (κ2) is 5.87. The van der Waals surface area contributed by atoms with Crippen LogP contribution in [0, 0.1) is 5.92 Å². The maximum absolute atomic E-state index is 12.7. The highest BCUT2D eigenvalue weighted by Crippen LogP contribution is 2.29. The lowest BCUT2D eigenvalue weighted by atomic mass is 9.97. The SMILES string of the molecule is O=C(Nc1ccc2[nH]nc(-c3ccoc3)c2c1)[C@@H]1CCc2cncn2C1. The Morgan fingerprint density at radius 2 is 2.31 bits per heavy atom. The predicted molar refractivity (Wildman–Crippen MR) is 96.5 cm³/mol. The summed E-state index contributed by atoms with van der Waals surface area (Å²) in [4.78, 5) is 16.9. The highest BCUT2D eigenvalue weighted by molar-refractivity contribution is 5.98. The average molecular weight is 347 g/mol. The van der Waals surface area contributed by atoms with Crippen molar-refractivity contribution in [1.29, 1.82) is 0 Å².